The highest BCUT2D eigenvalue weighted by Crippen LogP contribution is 2.20. The maximum absolute atomic E-state index is 10.7. The fraction of sp³-hybridized carbons (Fsp3) is 0.417. The quantitative estimate of drug-likeness (QED) is 0.669. The molecule has 1 aromatic carbocycles. The van der Waals surface area contributed by atoms with E-state index in [1.165, 1.54) is 6.07 Å². The van der Waals surface area contributed by atoms with Crippen LogP contribution in [0.15, 0.2) is 18.2 Å². The molecule has 0 saturated heterocycles. The van der Waals surface area contributed by atoms with Crippen LogP contribution in [0, 0.1) is 5.92 Å². The summed E-state index contributed by atoms with van der Waals surface area (Å²) in [7, 11) is 0. The van der Waals surface area contributed by atoms with Crippen LogP contribution in [-0.4, -0.2) is 17.6 Å². The molecule has 16 heavy (non-hydrogen) atoms. The molecular weight excluding hydrogens is 204 g/mol. The number of aromatic carboxylic acids is 1. The topological polar surface area (TPSA) is 75.3 Å². The summed E-state index contributed by atoms with van der Waals surface area (Å²) in [4.78, 5) is 10.7. The van der Waals surface area contributed by atoms with Crippen LogP contribution >= 0.6 is 0 Å². The first-order chi connectivity index (χ1) is 7.54. The summed E-state index contributed by atoms with van der Waals surface area (Å²) in [6, 6.07) is 4.74. The third-order valence-corrected chi connectivity index (χ3v) is 2.64. The highest BCUT2D eigenvalue weighted by molar-refractivity contribution is 5.90. The highest BCUT2D eigenvalue weighted by Gasteiger charge is 2.06. The lowest BCUT2D eigenvalue weighted by molar-refractivity contribution is 0.0697. The lowest BCUT2D eigenvalue weighted by Crippen LogP contribution is -2.12. The second-order valence-electron chi connectivity index (χ2n) is 4.00. The molecule has 1 rings (SSSR count). The fourth-order valence-corrected chi connectivity index (χ4v) is 1.29. The molecule has 0 amide bonds. The lowest BCUT2D eigenvalue weighted by atomic mass is 10.1. The van der Waals surface area contributed by atoms with Crippen molar-refractivity contribution in [3.05, 3.63) is 23.8 Å². The second-order valence-corrected chi connectivity index (χ2v) is 4.00. The number of carbonyl (C=O) groups is 1. The van der Waals surface area contributed by atoms with Crippen molar-refractivity contribution in [2.45, 2.75) is 20.3 Å². The average Bonchev–Trinajstić information content (AvgIpc) is 2.26. The number of hydrogen-bond acceptors (Lipinski definition) is 3. The molecule has 0 saturated carbocycles. The van der Waals surface area contributed by atoms with Crippen molar-refractivity contribution in [2.75, 3.05) is 17.6 Å². The van der Waals surface area contributed by atoms with Gasteiger partial charge in [0.15, 0.2) is 0 Å². The highest BCUT2D eigenvalue weighted by atomic mass is 16.4. The molecule has 0 aliphatic rings. The van der Waals surface area contributed by atoms with Gasteiger partial charge in [-0.15, -0.1) is 0 Å². The molecule has 4 N–H and O–H groups in total. The Kier molecular flexibility index (Phi) is 4.17. The Morgan fingerprint density at radius 1 is 1.56 bits per heavy atom. The van der Waals surface area contributed by atoms with Gasteiger partial charge in [0.1, 0.15) is 0 Å². The van der Waals surface area contributed by atoms with Crippen LogP contribution in [0.2, 0.25) is 0 Å². The standard InChI is InChI=1S/C12H18N2O2/c1-3-8(2)7-14-11-5-4-9(12(15)16)6-10(11)13/h4-6,8,14H,3,7,13H2,1-2H3,(H,15,16). The average molecular weight is 222 g/mol. The fourth-order valence-electron chi connectivity index (χ4n) is 1.29. The predicted molar refractivity (Wildman–Crippen MR) is 65.8 cm³/mol. The Morgan fingerprint density at radius 3 is 2.75 bits per heavy atom. The zero-order valence-corrected chi connectivity index (χ0v) is 9.66. The summed E-state index contributed by atoms with van der Waals surface area (Å²) < 4.78 is 0. The summed E-state index contributed by atoms with van der Waals surface area (Å²) in [6.45, 7) is 5.12. The molecule has 4 heteroatoms. The van der Waals surface area contributed by atoms with E-state index in [1.54, 1.807) is 12.1 Å². The number of carboxylic acids is 1. The summed E-state index contributed by atoms with van der Waals surface area (Å²) >= 11 is 0. The van der Waals surface area contributed by atoms with E-state index < -0.39 is 5.97 Å². The molecule has 0 bridgehead atoms. The van der Waals surface area contributed by atoms with E-state index in [-0.39, 0.29) is 5.56 Å². The van der Waals surface area contributed by atoms with Gasteiger partial charge in [0.05, 0.1) is 16.9 Å². The maximum atomic E-state index is 10.7. The minimum absolute atomic E-state index is 0.214. The zero-order valence-electron chi connectivity index (χ0n) is 9.66. The molecule has 1 unspecified atom stereocenters. The van der Waals surface area contributed by atoms with Crippen LogP contribution in [0.5, 0.6) is 0 Å². The van der Waals surface area contributed by atoms with Crippen LogP contribution in [0.3, 0.4) is 0 Å². The van der Waals surface area contributed by atoms with E-state index in [2.05, 4.69) is 19.2 Å². The number of hydrogen-bond donors (Lipinski definition) is 3. The van der Waals surface area contributed by atoms with Gasteiger partial charge < -0.3 is 16.2 Å². The molecule has 1 atom stereocenters. The number of rotatable bonds is 5. The van der Waals surface area contributed by atoms with Crippen molar-refractivity contribution >= 4 is 17.3 Å². The molecule has 4 nitrogen and oxygen atoms in total. The first-order valence-corrected chi connectivity index (χ1v) is 5.41. The van der Waals surface area contributed by atoms with Crippen molar-refractivity contribution in [2.24, 2.45) is 5.92 Å². The molecule has 0 aromatic heterocycles. The number of carboxylic acid groups (broad SMARTS) is 1. The molecule has 0 radical (unpaired) electrons. The van der Waals surface area contributed by atoms with Crippen LogP contribution in [0.4, 0.5) is 11.4 Å². The van der Waals surface area contributed by atoms with Gasteiger partial charge in [-0.3, -0.25) is 0 Å². The van der Waals surface area contributed by atoms with E-state index in [0.717, 1.165) is 18.7 Å². The Balaban J connectivity index is 2.72. The van der Waals surface area contributed by atoms with E-state index in [1.807, 2.05) is 0 Å². The Labute approximate surface area is 95.5 Å². The van der Waals surface area contributed by atoms with Crippen LogP contribution < -0.4 is 11.1 Å². The molecule has 0 aliphatic carbocycles. The molecule has 1 aromatic rings. The van der Waals surface area contributed by atoms with Crippen molar-refractivity contribution in [3.8, 4) is 0 Å². The van der Waals surface area contributed by atoms with Crippen LogP contribution in [0.25, 0.3) is 0 Å². The minimum atomic E-state index is -0.958. The largest absolute Gasteiger partial charge is 0.478 e. The second kappa shape index (κ2) is 5.39. The summed E-state index contributed by atoms with van der Waals surface area (Å²) in [6.07, 6.45) is 1.10. The first kappa shape index (κ1) is 12.4. The van der Waals surface area contributed by atoms with Crippen LogP contribution in [-0.2, 0) is 0 Å². The SMILES string of the molecule is CCC(C)CNc1ccc(C(=O)O)cc1N. The summed E-state index contributed by atoms with van der Waals surface area (Å²) in [5.74, 6) is -0.390. The minimum Gasteiger partial charge on any atom is -0.478 e. The van der Waals surface area contributed by atoms with Crippen LogP contribution in [0.1, 0.15) is 30.6 Å². The summed E-state index contributed by atoms with van der Waals surface area (Å²) in [5.41, 5.74) is 7.25. The van der Waals surface area contributed by atoms with Gasteiger partial charge in [-0.25, -0.2) is 4.79 Å². The van der Waals surface area contributed by atoms with Gasteiger partial charge in [0, 0.05) is 6.54 Å². The Morgan fingerprint density at radius 2 is 2.25 bits per heavy atom. The van der Waals surface area contributed by atoms with Gasteiger partial charge in [-0.2, -0.15) is 0 Å². The Bertz CT molecular complexity index is 377. The smallest absolute Gasteiger partial charge is 0.335 e. The van der Waals surface area contributed by atoms with Gasteiger partial charge in [0.2, 0.25) is 0 Å². The van der Waals surface area contributed by atoms with Gasteiger partial charge in [-0.1, -0.05) is 20.3 Å². The van der Waals surface area contributed by atoms with E-state index in [4.69, 9.17) is 10.8 Å². The van der Waals surface area contributed by atoms with Crippen molar-refractivity contribution in [3.63, 3.8) is 0 Å². The number of nitrogens with one attached hydrogen (secondary N) is 1. The van der Waals surface area contributed by atoms with Crippen molar-refractivity contribution in [1.82, 2.24) is 0 Å². The lowest BCUT2D eigenvalue weighted by Gasteiger charge is -2.13. The third kappa shape index (κ3) is 3.15. The first-order valence-electron chi connectivity index (χ1n) is 5.41. The number of nitrogen functional groups attached to an aromatic ring is 1. The van der Waals surface area contributed by atoms with Crippen molar-refractivity contribution in [1.29, 1.82) is 0 Å². The molecular formula is C12H18N2O2. The normalized spacial score (nSPS) is 12.1. The monoisotopic (exact) mass is 222 g/mol. The zero-order chi connectivity index (χ0) is 12.1. The number of benzene rings is 1. The van der Waals surface area contributed by atoms with E-state index in [0.29, 0.717) is 11.6 Å². The molecule has 0 fully saturated rings. The number of nitrogens with two attached hydrogens (primary N) is 1. The summed E-state index contributed by atoms with van der Waals surface area (Å²) in [5, 5.41) is 12.0. The molecule has 88 valence electrons. The third-order valence-electron chi connectivity index (χ3n) is 2.64. The molecule has 0 heterocycles. The molecule has 0 spiro atoms. The predicted octanol–water partition coefficient (Wildman–Crippen LogP) is 2.43. The molecule has 0 aliphatic heterocycles. The maximum Gasteiger partial charge on any atom is 0.335 e. The Hall–Kier alpha value is -1.71. The van der Waals surface area contributed by atoms with Gasteiger partial charge >= 0.3 is 5.97 Å². The number of anilines is 2. The van der Waals surface area contributed by atoms with Gasteiger partial charge in [-0.05, 0) is 24.1 Å². The van der Waals surface area contributed by atoms with E-state index >= 15 is 0 Å². The van der Waals surface area contributed by atoms with E-state index in [9.17, 15) is 4.79 Å². The van der Waals surface area contributed by atoms with Gasteiger partial charge in [0.25, 0.3) is 0 Å². The van der Waals surface area contributed by atoms with Crippen molar-refractivity contribution < 1.29 is 9.90 Å².